The van der Waals surface area contributed by atoms with Gasteiger partial charge in [-0.05, 0) is 44.2 Å². The molecule has 1 amide bonds. The standard InChI is InChI=1S/C19H18N2O4/c1-3-20(15-7-5-4-6-8-15)18(23)12-21-16-10-9-14(13(2)22)11-17(16)25-19(21)24/h4-11H,3,12H2,1-2H3. The zero-order valence-electron chi connectivity index (χ0n) is 14.1. The molecule has 0 unspecified atom stereocenters. The fraction of sp³-hybridized carbons (Fsp3) is 0.211. The minimum atomic E-state index is -0.617. The van der Waals surface area contributed by atoms with Gasteiger partial charge in [-0.1, -0.05) is 18.2 Å². The molecule has 0 aliphatic rings. The summed E-state index contributed by atoms with van der Waals surface area (Å²) in [5.41, 5.74) is 2.02. The highest BCUT2D eigenvalue weighted by atomic mass is 16.4. The van der Waals surface area contributed by atoms with Crippen LogP contribution in [0.4, 0.5) is 5.69 Å². The Balaban J connectivity index is 1.94. The number of hydrogen-bond acceptors (Lipinski definition) is 4. The minimum Gasteiger partial charge on any atom is -0.408 e. The number of carbonyl (C=O) groups excluding carboxylic acids is 2. The third kappa shape index (κ3) is 3.24. The van der Waals surface area contributed by atoms with Crippen molar-refractivity contribution in [3.05, 3.63) is 64.6 Å². The molecule has 0 aliphatic heterocycles. The molecule has 0 saturated heterocycles. The van der Waals surface area contributed by atoms with Crippen LogP contribution in [0, 0.1) is 0 Å². The normalized spacial score (nSPS) is 10.8. The predicted octanol–water partition coefficient (Wildman–Crippen LogP) is 2.85. The number of Topliss-reactive ketones (excluding diaryl/α,β-unsaturated/α-hetero) is 1. The summed E-state index contributed by atoms with van der Waals surface area (Å²) in [6, 6.07) is 14.0. The average molecular weight is 338 g/mol. The van der Waals surface area contributed by atoms with E-state index in [1.54, 1.807) is 17.0 Å². The lowest BCUT2D eigenvalue weighted by atomic mass is 10.1. The quantitative estimate of drug-likeness (QED) is 0.671. The van der Waals surface area contributed by atoms with Gasteiger partial charge in [-0.2, -0.15) is 0 Å². The molecule has 1 heterocycles. The largest absolute Gasteiger partial charge is 0.420 e. The number of anilines is 1. The van der Waals surface area contributed by atoms with E-state index in [-0.39, 0.29) is 18.2 Å². The van der Waals surface area contributed by atoms with E-state index in [1.807, 2.05) is 37.3 Å². The highest BCUT2D eigenvalue weighted by Gasteiger charge is 2.18. The van der Waals surface area contributed by atoms with Crippen LogP contribution in [0.2, 0.25) is 0 Å². The van der Waals surface area contributed by atoms with E-state index in [2.05, 4.69) is 0 Å². The summed E-state index contributed by atoms with van der Waals surface area (Å²) in [4.78, 5) is 37.9. The fourth-order valence-electron chi connectivity index (χ4n) is 2.77. The molecule has 6 nitrogen and oxygen atoms in total. The number of aromatic nitrogens is 1. The number of carbonyl (C=O) groups is 2. The van der Waals surface area contributed by atoms with Gasteiger partial charge in [0.25, 0.3) is 0 Å². The first-order valence-electron chi connectivity index (χ1n) is 8.01. The number of likely N-dealkylation sites (N-methyl/N-ethyl adjacent to an activating group) is 1. The molecule has 0 fully saturated rings. The first-order chi connectivity index (χ1) is 12.0. The van der Waals surface area contributed by atoms with Crippen LogP contribution in [0.25, 0.3) is 11.1 Å². The lowest BCUT2D eigenvalue weighted by molar-refractivity contribution is -0.119. The Morgan fingerprint density at radius 2 is 1.84 bits per heavy atom. The van der Waals surface area contributed by atoms with Crippen LogP contribution in [0.5, 0.6) is 0 Å². The maximum absolute atomic E-state index is 12.7. The van der Waals surface area contributed by atoms with Gasteiger partial charge in [0.15, 0.2) is 11.4 Å². The summed E-state index contributed by atoms with van der Waals surface area (Å²) in [5, 5.41) is 0. The Labute approximate surface area is 144 Å². The predicted molar refractivity (Wildman–Crippen MR) is 94.9 cm³/mol. The number of ketones is 1. The van der Waals surface area contributed by atoms with Crippen molar-refractivity contribution in [1.29, 1.82) is 0 Å². The molecule has 6 heteroatoms. The maximum atomic E-state index is 12.7. The van der Waals surface area contributed by atoms with Crippen LogP contribution in [-0.4, -0.2) is 22.8 Å². The minimum absolute atomic E-state index is 0.116. The van der Waals surface area contributed by atoms with Crippen LogP contribution in [0.3, 0.4) is 0 Å². The number of rotatable bonds is 5. The molecular weight excluding hydrogens is 320 g/mol. The third-order valence-electron chi connectivity index (χ3n) is 4.05. The van der Waals surface area contributed by atoms with Crippen LogP contribution in [0.1, 0.15) is 24.2 Å². The highest BCUT2D eigenvalue weighted by molar-refractivity contribution is 5.97. The molecule has 0 atom stereocenters. The number of fused-ring (bicyclic) bond motifs is 1. The van der Waals surface area contributed by atoms with Gasteiger partial charge in [0, 0.05) is 17.8 Å². The summed E-state index contributed by atoms with van der Waals surface area (Å²) in [7, 11) is 0. The van der Waals surface area contributed by atoms with Crippen molar-refractivity contribution in [1.82, 2.24) is 4.57 Å². The first-order valence-corrected chi connectivity index (χ1v) is 8.01. The van der Waals surface area contributed by atoms with E-state index < -0.39 is 5.76 Å². The second kappa shape index (κ2) is 6.76. The number of hydrogen-bond donors (Lipinski definition) is 0. The number of amides is 1. The molecule has 128 valence electrons. The van der Waals surface area contributed by atoms with E-state index in [1.165, 1.54) is 17.6 Å². The van der Waals surface area contributed by atoms with Gasteiger partial charge < -0.3 is 9.32 Å². The Hall–Kier alpha value is -3.15. The molecule has 25 heavy (non-hydrogen) atoms. The third-order valence-corrected chi connectivity index (χ3v) is 4.05. The van der Waals surface area contributed by atoms with E-state index in [0.29, 0.717) is 23.2 Å². The zero-order chi connectivity index (χ0) is 18.0. The monoisotopic (exact) mass is 338 g/mol. The topological polar surface area (TPSA) is 72.5 Å². The molecule has 2 aromatic carbocycles. The van der Waals surface area contributed by atoms with Crippen molar-refractivity contribution in [3.8, 4) is 0 Å². The van der Waals surface area contributed by atoms with Gasteiger partial charge in [0.2, 0.25) is 5.91 Å². The second-order valence-electron chi connectivity index (χ2n) is 5.67. The lowest BCUT2D eigenvalue weighted by Crippen LogP contribution is -2.35. The van der Waals surface area contributed by atoms with Crippen LogP contribution in [0.15, 0.2) is 57.7 Å². The van der Waals surface area contributed by atoms with Crippen LogP contribution >= 0.6 is 0 Å². The van der Waals surface area contributed by atoms with Gasteiger partial charge in [0.1, 0.15) is 6.54 Å². The molecular formula is C19H18N2O4. The fourth-order valence-corrected chi connectivity index (χ4v) is 2.77. The van der Waals surface area contributed by atoms with Crippen molar-refractivity contribution in [3.63, 3.8) is 0 Å². The molecule has 0 spiro atoms. The van der Waals surface area contributed by atoms with Crippen LogP contribution in [-0.2, 0) is 11.3 Å². The molecule has 0 saturated carbocycles. The average Bonchev–Trinajstić information content (AvgIpc) is 2.91. The van der Waals surface area contributed by atoms with Crippen molar-refractivity contribution in [2.24, 2.45) is 0 Å². The number of para-hydroxylation sites is 1. The number of nitrogens with zero attached hydrogens (tertiary/aromatic N) is 2. The highest BCUT2D eigenvalue weighted by Crippen LogP contribution is 2.17. The van der Waals surface area contributed by atoms with Gasteiger partial charge >= 0.3 is 5.76 Å². The SMILES string of the molecule is CCN(C(=O)Cn1c(=O)oc2cc(C(C)=O)ccc21)c1ccccc1. The van der Waals surface area contributed by atoms with Gasteiger partial charge in [0.05, 0.1) is 5.52 Å². The Morgan fingerprint density at radius 1 is 1.12 bits per heavy atom. The Morgan fingerprint density at radius 3 is 2.48 bits per heavy atom. The molecule has 0 aliphatic carbocycles. The zero-order valence-corrected chi connectivity index (χ0v) is 14.1. The van der Waals surface area contributed by atoms with Crippen molar-refractivity contribution >= 4 is 28.5 Å². The smallest absolute Gasteiger partial charge is 0.408 e. The summed E-state index contributed by atoms with van der Waals surface area (Å²) >= 11 is 0. The summed E-state index contributed by atoms with van der Waals surface area (Å²) in [6.45, 7) is 3.68. The first kappa shape index (κ1) is 16.7. The van der Waals surface area contributed by atoms with E-state index in [9.17, 15) is 14.4 Å². The van der Waals surface area contributed by atoms with Gasteiger partial charge in [-0.15, -0.1) is 0 Å². The Kier molecular flexibility index (Phi) is 4.52. The van der Waals surface area contributed by atoms with Crippen LogP contribution < -0.4 is 10.7 Å². The summed E-state index contributed by atoms with van der Waals surface area (Å²) in [6.07, 6.45) is 0. The molecule has 0 radical (unpaired) electrons. The van der Waals surface area contributed by atoms with E-state index >= 15 is 0 Å². The molecule has 3 rings (SSSR count). The van der Waals surface area contributed by atoms with Crippen molar-refractivity contribution < 1.29 is 14.0 Å². The summed E-state index contributed by atoms with van der Waals surface area (Å²) < 4.78 is 6.48. The van der Waals surface area contributed by atoms with Gasteiger partial charge in [-0.25, -0.2) is 4.79 Å². The van der Waals surface area contributed by atoms with E-state index in [4.69, 9.17) is 4.42 Å². The van der Waals surface area contributed by atoms with Crippen molar-refractivity contribution in [2.45, 2.75) is 20.4 Å². The maximum Gasteiger partial charge on any atom is 0.420 e. The molecule has 0 bridgehead atoms. The molecule has 1 aromatic heterocycles. The molecule has 3 aromatic rings. The molecule has 0 N–H and O–H groups in total. The number of benzene rings is 2. The van der Waals surface area contributed by atoms with Gasteiger partial charge in [-0.3, -0.25) is 14.2 Å². The Bertz CT molecular complexity index is 986. The lowest BCUT2D eigenvalue weighted by Gasteiger charge is -2.21. The second-order valence-corrected chi connectivity index (χ2v) is 5.67. The van der Waals surface area contributed by atoms with Crippen molar-refractivity contribution in [2.75, 3.05) is 11.4 Å². The summed E-state index contributed by atoms with van der Waals surface area (Å²) in [5.74, 6) is -0.947. The number of oxazole rings is 1. The van der Waals surface area contributed by atoms with E-state index in [0.717, 1.165) is 5.69 Å².